The Labute approximate surface area is 244 Å². The molecule has 7 heteroatoms. The number of ether oxygens (including phenoxy) is 4. The van der Waals surface area contributed by atoms with Gasteiger partial charge in [-0.3, -0.25) is 9.97 Å². The maximum atomic E-state index is 6.02. The summed E-state index contributed by atoms with van der Waals surface area (Å²) < 4.78 is 23.5. The summed E-state index contributed by atoms with van der Waals surface area (Å²) in [6, 6.07) is 32.8. The molecule has 0 bridgehead atoms. The molecule has 0 amide bonds. The van der Waals surface area contributed by atoms with E-state index in [0.717, 1.165) is 28.4 Å². The molecule has 0 radical (unpaired) electrons. The molecule has 1 atom stereocenters. The van der Waals surface area contributed by atoms with Gasteiger partial charge < -0.3 is 18.9 Å². The van der Waals surface area contributed by atoms with Crippen LogP contribution in [0.3, 0.4) is 0 Å². The predicted octanol–water partition coefficient (Wildman–Crippen LogP) is 7.49. The van der Waals surface area contributed by atoms with Crippen molar-refractivity contribution in [3.8, 4) is 17.2 Å². The van der Waals surface area contributed by atoms with Gasteiger partial charge in [0, 0.05) is 31.4 Å². The number of hydrogen-bond acceptors (Lipinski definition) is 6. The van der Waals surface area contributed by atoms with Gasteiger partial charge >= 0.3 is 0 Å². The van der Waals surface area contributed by atoms with E-state index < -0.39 is 0 Å². The number of hydrogen-bond donors (Lipinski definition) is 0. The first-order valence-corrected chi connectivity index (χ1v) is 14.8. The summed E-state index contributed by atoms with van der Waals surface area (Å²) in [4.78, 5) is 11.7. The van der Waals surface area contributed by atoms with Gasteiger partial charge in [-0.1, -0.05) is 0 Å². The molecule has 5 aromatic rings. The summed E-state index contributed by atoms with van der Waals surface area (Å²) in [6.45, 7) is 5.46. The van der Waals surface area contributed by atoms with Crippen molar-refractivity contribution in [1.82, 2.24) is 9.97 Å². The molecular weight excluding hydrogens is 532 g/mol. The number of nitrogens with zero attached hydrogens (tertiary/aromatic N) is 2. The molecule has 0 saturated heterocycles. The highest BCUT2D eigenvalue weighted by Crippen LogP contribution is 2.34. The van der Waals surface area contributed by atoms with Crippen molar-refractivity contribution >= 4 is 10.9 Å². The molecule has 3 aromatic carbocycles. The van der Waals surface area contributed by atoms with Crippen LogP contribution in [0.25, 0.3) is 0 Å². The largest absolute Gasteiger partial charge is 0.489 e. The lowest BCUT2D eigenvalue weighted by atomic mass is 10.3. The molecule has 0 spiro atoms. The average Bonchev–Trinajstić information content (AvgIpc) is 3.02. The maximum Gasteiger partial charge on any atom is 0.196 e. The molecule has 0 fully saturated rings. The Balaban J connectivity index is 1.36. The molecule has 6 nitrogen and oxygen atoms in total. The number of pyridine rings is 2. The second kappa shape index (κ2) is 14.3. The van der Waals surface area contributed by atoms with Gasteiger partial charge in [-0.05, 0) is 122 Å². The Morgan fingerprint density at radius 3 is 1.34 bits per heavy atom. The number of aromatic nitrogens is 2. The van der Waals surface area contributed by atoms with Crippen molar-refractivity contribution in [2.75, 3.05) is 6.61 Å². The van der Waals surface area contributed by atoms with E-state index in [1.54, 1.807) is 24.8 Å². The Morgan fingerprint density at radius 1 is 0.561 bits per heavy atom. The average molecular weight is 566 g/mol. The third-order valence-corrected chi connectivity index (χ3v) is 8.42. The van der Waals surface area contributed by atoms with E-state index >= 15 is 0 Å². The van der Waals surface area contributed by atoms with Crippen molar-refractivity contribution < 1.29 is 18.9 Å². The predicted molar refractivity (Wildman–Crippen MR) is 160 cm³/mol. The first-order chi connectivity index (χ1) is 20.2. The van der Waals surface area contributed by atoms with Crippen LogP contribution in [0, 0.1) is 0 Å². The van der Waals surface area contributed by atoms with E-state index in [9.17, 15) is 0 Å². The van der Waals surface area contributed by atoms with E-state index in [2.05, 4.69) is 46.4 Å². The van der Waals surface area contributed by atoms with Crippen LogP contribution in [-0.2, 0) is 28.8 Å². The molecule has 5 rings (SSSR count). The summed E-state index contributed by atoms with van der Waals surface area (Å²) in [5.41, 5.74) is 2.16. The molecule has 2 aromatic heterocycles. The van der Waals surface area contributed by atoms with Gasteiger partial charge in [0.1, 0.15) is 30.5 Å². The topological polar surface area (TPSA) is 62.7 Å². The highest BCUT2D eigenvalue weighted by molar-refractivity contribution is 7.97. The lowest BCUT2D eigenvalue weighted by molar-refractivity contribution is -0.0613. The van der Waals surface area contributed by atoms with Crippen molar-refractivity contribution in [2.24, 2.45) is 0 Å². The quantitative estimate of drug-likeness (QED) is 0.109. The minimum atomic E-state index is -0.350. The zero-order valence-corrected chi connectivity index (χ0v) is 24.0. The van der Waals surface area contributed by atoms with Crippen molar-refractivity contribution in [3.05, 3.63) is 133 Å². The summed E-state index contributed by atoms with van der Waals surface area (Å²) in [6.07, 6.45) is 6.80. The van der Waals surface area contributed by atoms with E-state index in [1.807, 2.05) is 74.5 Å². The molecule has 1 unspecified atom stereocenters. The Kier molecular flexibility index (Phi) is 9.87. The van der Waals surface area contributed by atoms with Crippen molar-refractivity contribution in [2.45, 2.75) is 48.0 Å². The van der Waals surface area contributed by atoms with Crippen LogP contribution in [0.5, 0.6) is 17.2 Å². The molecule has 0 aliphatic rings. The van der Waals surface area contributed by atoms with Gasteiger partial charge in [0.05, 0.1) is 10.9 Å². The van der Waals surface area contributed by atoms with E-state index in [4.69, 9.17) is 18.9 Å². The third kappa shape index (κ3) is 8.10. The molecule has 0 saturated carbocycles. The summed E-state index contributed by atoms with van der Waals surface area (Å²) in [7, 11) is -0.350. The highest BCUT2D eigenvalue weighted by atomic mass is 32.2. The molecule has 2 heterocycles. The Hall–Kier alpha value is -4.33. The number of benzene rings is 3. The Bertz CT molecular complexity index is 1380. The SMILES string of the molecule is CCOC(C)Oc1ccc([S+](c2ccc(OCc3ccncc3)cc2)c2ccc(OCc3ccncc3)cc2)cc1. The summed E-state index contributed by atoms with van der Waals surface area (Å²) >= 11 is 0. The molecule has 208 valence electrons. The van der Waals surface area contributed by atoms with Crippen molar-refractivity contribution in [3.63, 3.8) is 0 Å². The fraction of sp³-hybridized carbons (Fsp3) is 0.176. The van der Waals surface area contributed by atoms with Crippen LogP contribution in [0.2, 0.25) is 0 Å². The molecule has 0 N–H and O–H groups in total. The zero-order valence-electron chi connectivity index (χ0n) is 23.2. The highest BCUT2D eigenvalue weighted by Gasteiger charge is 2.29. The minimum absolute atomic E-state index is 0.302. The fourth-order valence-corrected chi connectivity index (χ4v) is 6.20. The standard InChI is InChI=1S/C34H33N2O4S/c1-3-37-26(2)40-31-8-14-34(15-9-31)41(32-10-4-29(5-11-32)38-24-27-16-20-35-21-17-27)33-12-6-30(7-13-33)39-25-28-18-22-36-23-19-28/h4-23,26H,3,24-25H2,1-2H3/q+1. The second-order valence-corrected chi connectivity index (χ2v) is 11.2. The van der Waals surface area contributed by atoms with Gasteiger partial charge in [0.25, 0.3) is 0 Å². The van der Waals surface area contributed by atoms with Crippen LogP contribution < -0.4 is 14.2 Å². The maximum absolute atomic E-state index is 6.02. The van der Waals surface area contributed by atoms with Crippen molar-refractivity contribution in [1.29, 1.82) is 0 Å². The second-order valence-electron chi connectivity index (χ2n) is 9.15. The first kappa shape index (κ1) is 28.2. The molecular formula is C34H33N2O4S+. The van der Waals surface area contributed by atoms with Gasteiger partial charge in [-0.2, -0.15) is 0 Å². The zero-order chi connectivity index (χ0) is 28.3. The van der Waals surface area contributed by atoms with E-state index in [0.29, 0.717) is 19.8 Å². The van der Waals surface area contributed by atoms with Crippen LogP contribution in [0.1, 0.15) is 25.0 Å². The van der Waals surface area contributed by atoms with Gasteiger partial charge in [0.2, 0.25) is 0 Å². The first-order valence-electron chi connectivity index (χ1n) is 13.5. The van der Waals surface area contributed by atoms with Crippen LogP contribution >= 0.6 is 0 Å². The smallest absolute Gasteiger partial charge is 0.196 e. The fourth-order valence-electron chi connectivity index (χ4n) is 4.16. The lowest BCUT2D eigenvalue weighted by Crippen LogP contribution is -2.15. The Morgan fingerprint density at radius 2 is 0.951 bits per heavy atom. The molecule has 0 aliphatic heterocycles. The normalized spacial score (nSPS) is 11.7. The summed E-state index contributed by atoms with van der Waals surface area (Å²) in [5.74, 6) is 2.42. The van der Waals surface area contributed by atoms with E-state index in [1.165, 1.54) is 14.7 Å². The number of rotatable bonds is 13. The monoisotopic (exact) mass is 565 g/mol. The lowest BCUT2D eigenvalue weighted by Gasteiger charge is -2.15. The third-order valence-electron chi connectivity index (χ3n) is 6.19. The molecule has 41 heavy (non-hydrogen) atoms. The summed E-state index contributed by atoms with van der Waals surface area (Å²) in [5, 5.41) is 0. The van der Waals surface area contributed by atoms with Crippen LogP contribution in [-0.4, -0.2) is 22.9 Å². The van der Waals surface area contributed by atoms with Gasteiger partial charge in [-0.25, -0.2) is 0 Å². The van der Waals surface area contributed by atoms with Crippen LogP contribution in [0.15, 0.2) is 137 Å². The van der Waals surface area contributed by atoms with Crippen LogP contribution in [0.4, 0.5) is 0 Å². The van der Waals surface area contributed by atoms with Gasteiger partial charge in [0.15, 0.2) is 21.0 Å². The van der Waals surface area contributed by atoms with E-state index in [-0.39, 0.29) is 17.2 Å². The van der Waals surface area contributed by atoms with Gasteiger partial charge in [-0.15, -0.1) is 0 Å². The minimum Gasteiger partial charge on any atom is -0.489 e. The molecule has 0 aliphatic carbocycles.